The summed E-state index contributed by atoms with van der Waals surface area (Å²) >= 11 is 0. The number of hydrogen-bond donors (Lipinski definition) is 1. The van der Waals surface area contributed by atoms with Crippen LogP contribution in [-0.2, 0) is 4.74 Å². The van der Waals surface area contributed by atoms with Crippen molar-refractivity contribution in [2.24, 2.45) is 5.92 Å². The van der Waals surface area contributed by atoms with E-state index in [9.17, 15) is 0 Å². The van der Waals surface area contributed by atoms with E-state index >= 15 is 0 Å². The third-order valence-corrected chi connectivity index (χ3v) is 3.79. The van der Waals surface area contributed by atoms with Crippen LogP contribution in [-0.4, -0.2) is 41.9 Å². The smallest absolute Gasteiger partial charge is 0.316 e. The van der Waals surface area contributed by atoms with Crippen molar-refractivity contribution in [2.75, 3.05) is 26.3 Å². The molecule has 2 fully saturated rings. The van der Waals surface area contributed by atoms with Crippen LogP contribution in [0.3, 0.4) is 0 Å². The van der Waals surface area contributed by atoms with Gasteiger partial charge in [0.15, 0.2) is 0 Å². The average Bonchev–Trinajstić information content (AvgIpc) is 2.39. The van der Waals surface area contributed by atoms with Crippen LogP contribution in [0.25, 0.3) is 0 Å². The maximum Gasteiger partial charge on any atom is 0.316 e. The fourth-order valence-electron chi connectivity index (χ4n) is 2.70. The van der Waals surface area contributed by atoms with Crippen LogP contribution in [0.2, 0.25) is 0 Å². The zero-order valence-corrected chi connectivity index (χ0v) is 10.5. The minimum Gasteiger partial charge on any atom is -0.463 e. The molecule has 0 unspecified atom stereocenters. The molecule has 18 heavy (non-hydrogen) atoms. The SMILES string of the molecule is c1cnc(OCC[C@@H]2CCOC3(CNC3)C2)nc1. The maximum absolute atomic E-state index is 5.87. The molecule has 5 heteroatoms. The Labute approximate surface area is 107 Å². The quantitative estimate of drug-likeness (QED) is 0.863. The van der Waals surface area contributed by atoms with Crippen molar-refractivity contribution in [3.8, 4) is 6.01 Å². The molecule has 0 aromatic carbocycles. The minimum absolute atomic E-state index is 0.131. The number of aromatic nitrogens is 2. The first-order valence-corrected chi connectivity index (χ1v) is 6.61. The van der Waals surface area contributed by atoms with Gasteiger partial charge in [-0.2, -0.15) is 0 Å². The molecule has 5 nitrogen and oxygen atoms in total. The third-order valence-electron chi connectivity index (χ3n) is 3.79. The summed E-state index contributed by atoms with van der Waals surface area (Å²) in [5, 5.41) is 3.30. The lowest BCUT2D eigenvalue weighted by Gasteiger charge is -2.47. The van der Waals surface area contributed by atoms with Crippen molar-refractivity contribution in [1.82, 2.24) is 15.3 Å². The van der Waals surface area contributed by atoms with E-state index in [2.05, 4.69) is 15.3 Å². The van der Waals surface area contributed by atoms with Crippen molar-refractivity contribution < 1.29 is 9.47 Å². The molecule has 1 spiro atoms. The highest BCUT2D eigenvalue weighted by atomic mass is 16.5. The number of nitrogens with one attached hydrogen (secondary N) is 1. The molecule has 1 aromatic rings. The van der Waals surface area contributed by atoms with E-state index in [1.54, 1.807) is 18.5 Å². The van der Waals surface area contributed by atoms with E-state index in [-0.39, 0.29) is 5.60 Å². The second kappa shape index (κ2) is 5.20. The summed E-state index contributed by atoms with van der Waals surface area (Å²) in [6.07, 6.45) is 6.75. The predicted octanol–water partition coefficient (Wildman–Crippen LogP) is 1.01. The molecule has 98 valence electrons. The highest BCUT2D eigenvalue weighted by Gasteiger charge is 2.42. The summed E-state index contributed by atoms with van der Waals surface area (Å²) in [5.41, 5.74) is 0.131. The summed E-state index contributed by atoms with van der Waals surface area (Å²) in [5.74, 6) is 0.699. The zero-order valence-electron chi connectivity index (χ0n) is 10.5. The Bertz CT molecular complexity index is 381. The molecule has 2 aliphatic heterocycles. The summed E-state index contributed by atoms with van der Waals surface area (Å²) in [6, 6.07) is 2.27. The van der Waals surface area contributed by atoms with Gasteiger partial charge in [0.1, 0.15) is 0 Å². The molecule has 0 radical (unpaired) electrons. The largest absolute Gasteiger partial charge is 0.463 e. The monoisotopic (exact) mass is 249 g/mol. The summed E-state index contributed by atoms with van der Waals surface area (Å²) in [6.45, 7) is 3.59. The van der Waals surface area contributed by atoms with Crippen LogP contribution in [0.4, 0.5) is 0 Å². The van der Waals surface area contributed by atoms with Gasteiger partial charge in [0.2, 0.25) is 0 Å². The fraction of sp³-hybridized carbons (Fsp3) is 0.692. The molecule has 1 N–H and O–H groups in total. The van der Waals surface area contributed by atoms with E-state index in [1.165, 1.54) is 0 Å². The second-order valence-corrected chi connectivity index (χ2v) is 5.16. The van der Waals surface area contributed by atoms with Gasteiger partial charge in [-0.25, -0.2) is 9.97 Å². The van der Waals surface area contributed by atoms with Gasteiger partial charge < -0.3 is 14.8 Å². The van der Waals surface area contributed by atoms with Gasteiger partial charge in [0.05, 0.1) is 12.2 Å². The Morgan fingerprint density at radius 1 is 1.39 bits per heavy atom. The molecule has 0 bridgehead atoms. The molecule has 1 atom stereocenters. The molecular formula is C13H19N3O2. The van der Waals surface area contributed by atoms with Crippen molar-refractivity contribution >= 4 is 0 Å². The molecule has 3 rings (SSSR count). The second-order valence-electron chi connectivity index (χ2n) is 5.16. The van der Waals surface area contributed by atoms with E-state index in [0.29, 0.717) is 18.5 Å². The Kier molecular flexibility index (Phi) is 3.43. The van der Waals surface area contributed by atoms with Crippen molar-refractivity contribution in [3.63, 3.8) is 0 Å². The Morgan fingerprint density at radius 2 is 2.22 bits per heavy atom. The highest BCUT2D eigenvalue weighted by molar-refractivity contribution is 4.98. The van der Waals surface area contributed by atoms with Crippen molar-refractivity contribution in [1.29, 1.82) is 0 Å². The highest BCUT2D eigenvalue weighted by Crippen LogP contribution is 2.33. The van der Waals surface area contributed by atoms with Crippen molar-refractivity contribution in [3.05, 3.63) is 18.5 Å². The van der Waals surface area contributed by atoms with Crippen LogP contribution in [0, 0.1) is 5.92 Å². The normalized spacial score (nSPS) is 25.7. The van der Waals surface area contributed by atoms with Crippen LogP contribution >= 0.6 is 0 Å². The Balaban J connectivity index is 1.43. The zero-order chi connectivity index (χ0) is 12.3. The van der Waals surface area contributed by atoms with Gasteiger partial charge in [-0.15, -0.1) is 0 Å². The predicted molar refractivity (Wildman–Crippen MR) is 66.4 cm³/mol. The molecule has 3 heterocycles. The first-order valence-electron chi connectivity index (χ1n) is 6.61. The fourth-order valence-corrected chi connectivity index (χ4v) is 2.70. The molecular weight excluding hydrogens is 230 g/mol. The lowest BCUT2D eigenvalue weighted by molar-refractivity contribution is -0.128. The third kappa shape index (κ3) is 2.62. The summed E-state index contributed by atoms with van der Waals surface area (Å²) in [7, 11) is 0. The number of hydrogen-bond acceptors (Lipinski definition) is 5. The van der Waals surface area contributed by atoms with Crippen LogP contribution in [0.15, 0.2) is 18.5 Å². The number of nitrogens with zero attached hydrogens (tertiary/aromatic N) is 2. The van der Waals surface area contributed by atoms with Crippen LogP contribution < -0.4 is 10.1 Å². The minimum atomic E-state index is 0.131. The van der Waals surface area contributed by atoms with E-state index < -0.39 is 0 Å². The van der Waals surface area contributed by atoms with E-state index in [4.69, 9.17) is 9.47 Å². The molecule has 0 aliphatic carbocycles. The maximum atomic E-state index is 5.87. The standard InChI is InChI=1S/C13H19N3O2/c1-4-15-12(16-5-1)17-6-2-11-3-7-18-13(8-11)9-14-10-13/h1,4-5,11,14H,2-3,6-10H2/t11-/m1/s1. The van der Waals surface area contributed by atoms with Gasteiger partial charge >= 0.3 is 6.01 Å². The van der Waals surface area contributed by atoms with Gasteiger partial charge in [0.25, 0.3) is 0 Å². The van der Waals surface area contributed by atoms with Crippen LogP contribution in [0.1, 0.15) is 19.3 Å². The van der Waals surface area contributed by atoms with Gasteiger partial charge in [0, 0.05) is 32.1 Å². The molecule has 2 saturated heterocycles. The number of rotatable bonds is 4. The van der Waals surface area contributed by atoms with E-state index in [1.807, 2.05) is 0 Å². The van der Waals surface area contributed by atoms with Gasteiger partial charge in [-0.1, -0.05) is 0 Å². The molecule has 0 amide bonds. The van der Waals surface area contributed by atoms with Gasteiger partial charge in [-0.3, -0.25) is 0 Å². The van der Waals surface area contributed by atoms with Gasteiger partial charge in [-0.05, 0) is 31.2 Å². The van der Waals surface area contributed by atoms with Crippen LogP contribution in [0.5, 0.6) is 6.01 Å². The Morgan fingerprint density at radius 3 is 2.94 bits per heavy atom. The molecule has 0 saturated carbocycles. The lowest BCUT2D eigenvalue weighted by Crippen LogP contribution is -2.63. The molecule has 1 aromatic heterocycles. The average molecular weight is 249 g/mol. The lowest BCUT2D eigenvalue weighted by atomic mass is 9.80. The first-order chi connectivity index (χ1) is 8.86. The number of ether oxygens (including phenoxy) is 2. The first kappa shape index (κ1) is 11.9. The summed E-state index contributed by atoms with van der Waals surface area (Å²) in [4.78, 5) is 8.10. The molecule has 2 aliphatic rings. The van der Waals surface area contributed by atoms with Crippen molar-refractivity contribution in [2.45, 2.75) is 24.9 Å². The summed E-state index contributed by atoms with van der Waals surface area (Å²) < 4.78 is 11.4. The topological polar surface area (TPSA) is 56.3 Å². The van der Waals surface area contributed by atoms with E-state index in [0.717, 1.165) is 39.0 Å². The Hall–Kier alpha value is -1.20.